The highest BCUT2D eigenvalue weighted by Gasteiger charge is 2.27. The third-order valence-corrected chi connectivity index (χ3v) is 10.3. The molecule has 0 bridgehead atoms. The molecule has 0 radical (unpaired) electrons. The van der Waals surface area contributed by atoms with Crippen LogP contribution in [0.5, 0.6) is 0 Å². The molecule has 2 aromatic heterocycles. The molecule has 0 N–H and O–H groups in total. The van der Waals surface area contributed by atoms with Crippen LogP contribution < -0.4 is 0 Å². The summed E-state index contributed by atoms with van der Waals surface area (Å²) in [7, 11) is 0. The first-order valence-corrected chi connectivity index (χ1v) is 17.7. The molecular formula is C44H42N4. The predicted octanol–water partition coefficient (Wildman–Crippen LogP) is 10.7. The number of hydrogen-bond acceptors (Lipinski definition) is 4. The van der Waals surface area contributed by atoms with Crippen molar-refractivity contribution in [2.75, 3.05) is 0 Å². The first-order chi connectivity index (χ1) is 23.8. The van der Waals surface area contributed by atoms with Crippen LogP contribution in [-0.2, 0) is 0 Å². The van der Waals surface area contributed by atoms with Gasteiger partial charge in [0.25, 0.3) is 0 Å². The molecule has 3 aromatic rings. The Kier molecular flexibility index (Phi) is 8.88. The lowest BCUT2D eigenvalue weighted by Crippen LogP contribution is -2.17. The third-order valence-electron chi connectivity index (χ3n) is 10.3. The van der Waals surface area contributed by atoms with Crippen LogP contribution in [0, 0.1) is 11.8 Å². The Morgan fingerprint density at radius 3 is 2.31 bits per heavy atom. The number of benzene rings is 1. The van der Waals surface area contributed by atoms with Gasteiger partial charge in [0.2, 0.25) is 0 Å². The fourth-order valence-corrected chi connectivity index (χ4v) is 7.61. The SMILES string of the molecule is C1=CCC(c2nc(C3=CC=CC(C4C=C(c5cc(C6=CCCCC6)ncc5C5C=CC=CC5)C=CC4)C3)nc(-c3ccccc3)n2)C=C1. The summed E-state index contributed by atoms with van der Waals surface area (Å²) in [6.07, 6.45) is 44.8. The summed E-state index contributed by atoms with van der Waals surface area (Å²) in [5, 5.41) is 0. The molecule has 4 unspecified atom stereocenters. The highest BCUT2D eigenvalue weighted by Crippen LogP contribution is 2.40. The molecule has 4 heteroatoms. The van der Waals surface area contributed by atoms with Gasteiger partial charge < -0.3 is 0 Å². The highest BCUT2D eigenvalue weighted by atomic mass is 15.0. The molecule has 5 aliphatic rings. The van der Waals surface area contributed by atoms with Gasteiger partial charge in [-0.25, -0.2) is 15.0 Å². The van der Waals surface area contributed by atoms with Crippen LogP contribution in [0.2, 0.25) is 0 Å². The molecule has 1 aromatic carbocycles. The monoisotopic (exact) mass is 626 g/mol. The minimum absolute atomic E-state index is 0.155. The number of hydrogen-bond donors (Lipinski definition) is 0. The van der Waals surface area contributed by atoms with Crippen molar-refractivity contribution < 1.29 is 0 Å². The van der Waals surface area contributed by atoms with Gasteiger partial charge in [0.15, 0.2) is 11.6 Å². The molecule has 0 saturated carbocycles. The van der Waals surface area contributed by atoms with Crippen molar-refractivity contribution >= 4 is 16.7 Å². The van der Waals surface area contributed by atoms with E-state index in [1.54, 1.807) is 0 Å². The normalized spacial score (nSPS) is 24.7. The van der Waals surface area contributed by atoms with Crippen molar-refractivity contribution in [2.45, 2.75) is 63.2 Å². The Bertz CT molecular complexity index is 1950. The highest BCUT2D eigenvalue weighted by molar-refractivity contribution is 5.80. The van der Waals surface area contributed by atoms with Crippen LogP contribution in [-0.4, -0.2) is 19.9 Å². The summed E-state index contributed by atoms with van der Waals surface area (Å²) in [5.41, 5.74) is 8.72. The van der Waals surface area contributed by atoms with Gasteiger partial charge in [0.1, 0.15) is 5.82 Å². The van der Waals surface area contributed by atoms with Gasteiger partial charge in [0, 0.05) is 23.6 Å². The molecule has 4 nitrogen and oxygen atoms in total. The Hall–Kier alpha value is -4.96. The largest absolute Gasteiger partial charge is 0.256 e. The fraction of sp³-hybridized carbons (Fsp3) is 0.273. The molecule has 5 aliphatic carbocycles. The smallest absolute Gasteiger partial charge is 0.163 e. The van der Waals surface area contributed by atoms with Crippen LogP contribution in [0.4, 0.5) is 0 Å². The lowest BCUT2D eigenvalue weighted by atomic mass is 9.77. The second-order valence-corrected chi connectivity index (χ2v) is 13.5. The third kappa shape index (κ3) is 6.57. The Morgan fingerprint density at radius 1 is 0.688 bits per heavy atom. The van der Waals surface area contributed by atoms with E-state index in [2.05, 4.69) is 116 Å². The zero-order valence-electron chi connectivity index (χ0n) is 27.5. The molecule has 0 aliphatic heterocycles. The second kappa shape index (κ2) is 14.0. The van der Waals surface area contributed by atoms with Gasteiger partial charge in [-0.3, -0.25) is 4.98 Å². The fourth-order valence-electron chi connectivity index (χ4n) is 7.61. The summed E-state index contributed by atoms with van der Waals surface area (Å²) in [4.78, 5) is 20.2. The van der Waals surface area contributed by atoms with Crippen molar-refractivity contribution in [1.29, 1.82) is 0 Å². The maximum absolute atomic E-state index is 5.10. The Morgan fingerprint density at radius 2 is 1.52 bits per heavy atom. The first kappa shape index (κ1) is 30.4. The van der Waals surface area contributed by atoms with E-state index in [-0.39, 0.29) is 5.92 Å². The lowest BCUT2D eigenvalue weighted by molar-refractivity contribution is 0.483. The van der Waals surface area contributed by atoms with E-state index in [4.69, 9.17) is 19.9 Å². The van der Waals surface area contributed by atoms with E-state index < -0.39 is 0 Å². The van der Waals surface area contributed by atoms with E-state index >= 15 is 0 Å². The lowest BCUT2D eigenvalue weighted by Gasteiger charge is -2.28. The summed E-state index contributed by atoms with van der Waals surface area (Å²) in [5.74, 6) is 3.62. The van der Waals surface area contributed by atoms with Gasteiger partial charge in [-0.05, 0) is 97.1 Å². The van der Waals surface area contributed by atoms with Crippen molar-refractivity contribution in [3.63, 3.8) is 0 Å². The van der Waals surface area contributed by atoms with Gasteiger partial charge >= 0.3 is 0 Å². The number of aromatic nitrogens is 4. The van der Waals surface area contributed by atoms with Gasteiger partial charge in [-0.2, -0.15) is 0 Å². The van der Waals surface area contributed by atoms with Crippen LogP contribution in [0.1, 0.15) is 91.7 Å². The van der Waals surface area contributed by atoms with Crippen LogP contribution in [0.3, 0.4) is 0 Å². The average Bonchev–Trinajstić information content (AvgIpc) is 3.19. The quantitative estimate of drug-likeness (QED) is 0.262. The van der Waals surface area contributed by atoms with Gasteiger partial charge in [0.05, 0.1) is 5.69 Å². The zero-order chi connectivity index (χ0) is 32.1. The summed E-state index contributed by atoms with van der Waals surface area (Å²) in [6.45, 7) is 0. The minimum atomic E-state index is 0.155. The molecule has 0 saturated heterocycles. The Labute approximate surface area is 284 Å². The van der Waals surface area contributed by atoms with Crippen LogP contribution >= 0.6 is 0 Å². The van der Waals surface area contributed by atoms with Crippen LogP contribution in [0.25, 0.3) is 28.1 Å². The average molecular weight is 627 g/mol. The standard InChI is InChI=1S/C44H42N4/c1-5-15-31(16-6-1)40-30-45-41(32-17-7-2-8-18-32)29-39(40)37-25-13-23-35(27-37)36-24-14-26-38(28-36)44-47-42(33-19-9-3-10-20-33)46-43(48-44)34-21-11-4-12-22-34/h1,3-6,9-15,17,19-21,24-27,29-31,34-36H,2,7-8,16,18,22-23,28H2. The zero-order valence-corrected chi connectivity index (χ0v) is 27.5. The molecule has 8 rings (SSSR count). The summed E-state index contributed by atoms with van der Waals surface area (Å²) in [6, 6.07) is 12.7. The molecule has 0 amide bonds. The molecule has 2 heterocycles. The maximum Gasteiger partial charge on any atom is 0.163 e. The maximum atomic E-state index is 5.10. The van der Waals surface area contributed by atoms with Crippen molar-refractivity contribution in [3.8, 4) is 11.4 Å². The minimum Gasteiger partial charge on any atom is -0.256 e. The van der Waals surface area contributed by atoms with E-state index in [0.29, 0.717) is 17.8 Å². The molecular weight excluding hydrogens is 585 g/mol. The predicted molar refractivity (Wildman–Crippen MR) is 198 cm³/mol. The molecule has 48 heavy (non-hydrogen) atoms. The molecule has 238 valence electrons. The number of rotatable bonds is 7. The van der Waals surface area contributed by atoms with E-state index in [9.17, 15) is 0 Å². The van der Waals surface area contributed by atoms with Crippen LogP contribution in [0.15, 0.2) is 134 Å². The topological polar surface area (TPSA) is 51.6 Å². The first-order valence-electron chi connectivity index (χ1n) is 17.7. The number of nitrogens with zero attached hydrogens (tertiary/aromatic N) is 4. The van der Waals surface area contributed by atoms with Gasteiger partial charge in [-0.15, -0.1) is 0 Å². The summed E-state index contributed by atoms with van der Waals surface area (Å²) < 4.78 is 0. The number of pyridine rings is 1. The van der Waals surface area contributed by atoms with Crippen molar-refractivity contribution in [3.05, 3.63) is 162 Å². The number of allylic oxidation sites excluding steroid dienone is 18. The Balaban J connectivity index is 1.10. The molecule has 4 atom stereocenters. The summed E-state index contributed by atoms with van der Waals surface area (Å²) >= 11 is 0. The molecule has 0 fully saturated rings. The van der Waals surface area contributed by atoms with E-state index in [0.717, 1.165) is 67.3 Å². The van der Waals surface area contributed by atoms with E-state index in [1.165, 1.54) is 40.7 Å². The second-order valence-electron chi connectivity index (χ2n) is 13.5. The van der Waals surface area contributed by atoms with E-state index in [1.807, 2.05) is 18.2 Å². The van der Waals surface area contributed by atoms with Crippen molar-refractivity contribution in [1.82, 2.24) is 19.9 Å². The van der Waals surface area contributed by atoms with Gasteiger partial charge in [-0.1, -0.05) is 121 Å². The van der Waals surface area contributed by atoms with Crippen molar-refractivity contribution in [2.24, 2.45) is 11.8 Å². The molecule has 0 spiro atoms.